The van der Waals surface area contributed by atoms with E-state index in [0.717, 1.165) is 11.1 Å². The van der Waals surface area contributed by atoms with Gasteiger partial charge in [-0.05, 0) is 26.0 Å². The Balaban J connectivity index is 2.61. The van der Waals surface area contributed by atoms with Crippen molar-refractivity contribution in [2.24, 2.45) is 0 Å². The Labute approximate surface area is 122 Å². The van der Waals surface area contributed by atoms with Crippen LogP contribution in [-0.2, 0) is 0 Å². The highest BCUT2D eigenvalue weighted by Gasteiger charge is 2.19. The molecule has 0 radical (unpaired) electrons. The van der Waals surface area contributed by atoms with Gasteiger partial charge in [-0.15, -0.1) is 0 Å². The lowest BCUT2D eigenvalue weighted by Crippen LogP contribution is -2.31. The number of nitro groups is 1. The molecule has 0 aliphatic heterocycles. The first-order valence-electron chi connectivity index (χ1n) is 6.71. The maximum absolute atomic E-state index is 11.1. The van der Waals surface area contributed by atoms with Crippen LogP contribution in [0, 0.1) is 21.4 Å². The molecule has 0 spiro atoms. The van der Waals surface area contributed by atoms with Crippen molar-refractivity contribution in [3.63, 3.8) is 0 Å². The molecule has 2 aromatic rings. The second-order valence-electron chi connectivity index (χ2n) is 4.98. The molecule has 0 N–H and O–H groups in total. The largest absolute Gasteiger partial charge is 0.368 e. The number of rotatable bonds is 5. The fourth-order valence-corrected chi connectivity index (χ4v) is 2.40. The Morgan fingerprint density at radius 1 is 1.38 bits per heavy atom. The zero-order chi connectivity index (χ0) is 15.4. The standard InChI is InChI=1S/C15H16N4O2/c1-11(2)18(9-3-7-16)14-4-5-15(19(20)21)13-10-17-8-6-12(13)14/h4-6,8,10-11H,3,9H2,1-2H3. The van der Waals surface area contributed by atoms with Crippen molar-refractivity contribution >= 4 is 22.1 Å². The molecule has 0 aliphatic carbocycles. The van der Waals surface area contributed by atoms with Crippen LogP contribution in [0.5, 0.6) is 0 Å². The second kappa shape index (κ2) is 6.18. The van der Waals surface area contributed by atoms with Gasteiger partial charge in [-0.3, -0.25) is 15.1 Å². The van der Waals surface area contributed by atoms with Crippen molar-refractivity contribution in [3.05, 3.63) is 40.7 Å². The van der Waals surface area contributed by atoms with E-state index in [-0.39, 0.29) is 11.7 Å². The number of hydrogen-bond acceptors (Lipinski definition) is 5. The first-order chi connectivity index (χ1) is 10.1. The van der Waals surface area contributed by atoms with Gasteiger partial charge in [0.25, 0.3) is 5.69 Å². The maximum atomic E-state index is 11.1. The van der Waals surface area contributed by atoms with Crippen molar-refractivity contribution in [1.29, 1.82) is 5.26 Å². The van der Waals surface area contributed by atoms with E-state index in [1.165, 1.54) is 12.3 Å². The Kier molecular flexibility index (Phi) is 4.33. The third-order valence-corrected chi connectivity index (χ3v) is 3.37. The average molecular weight is 284 g/mol. The molecule has 0 fully saturated rings. The number of nitriles is 1. The first kappa shape index (κ1) is 14.7. The average Bonchev–Trinajstić information content (AvgIpc) is 2.47. The predicted octanol–water partition coefficient (Wildman–Crippen LogP) is 3.27. The molecule has 1 heterocycles. The van der Waals surface area contributed by atoms with Crippen LogP contribution in [-0.4, -0.2) is 22.5 Å². The molecule has 0 atom stereocenters. The first-order valence-corrected chi connectivity index (χ1v) is 6.71. The Morgan fingerprint density at radius 3 is 2.76 bits per heavy atom. The Morgan fingerprint density at radius 2 is 2.14 bits per heavy atom. The summed E-state index contributed by atoms with van der Waals surface area (Å²) in [4.78, 5) is 16.8. The van der Waals surface area contributed by atoms with Crippen LogP contribution in [0.2, 0.25) is 0 Å². The molecular weight excluding hydrogens is 268 g/mol. The third kappa shape index (κ3) is 2.92. The minimum Gasteiger partial charge on any atom is -0.368 e. The number of anilines is 1. The minimum absolute atomic E-state index is 0.0471. The molecule has 0 amide bonds. The lowest BCUT2D eigenvalue weighted by Gasteiger charge is -2.29. The highest BCUT2D eigenvalue weighted by Crippen LogP contribution is 2.33. The number of fused-ring (bicyclic) bond motifs is 1. The van der Waals surface area contributed by atoms with Crippen LogP contribution >= 0.6 is 0 Å². The summed E-state index contributed by atoms with van der Waals surface area (Å²) in [6, 6.07) is 7.36. The number of hydrogen-bond donors (Lipinski definition) is 0. The molecule has 6 heteroatoms. The predicted molar refractivity (Wildman–Crippen MR) is 81.1 cm³/mol. The van der Waals surface area contributed by atoms with Crippen molar-refractivity contribution in [3.8, 4) is 6.07 Å². The number of benzene rings is 1. The molecule has 1 aromatic carbocycles. The fraction of sp³-hybridized carbons (Fsp3) is 0.333. The van der Waals surface area contributed by atoms with Gasteiger partial charge in [-0.25, -0.2) is 0 Å². The summed E-state index contributed by atoms with van der Waals surface area (Å²) in [6.07, 6.45) is 3.54. The molecule has 1 aromatic heterocycles. The topological polar surface area (TPSA) is 83.1 Å². The molecule has 0 unspecified atom stereocenters. The third-order valence-electron chi connectivity index (χ3n) is 3.37. The van der Waals surface area contributed by atoms with Crippen LogP contribution < -0.4 is 4.90 Å². The van der Waals surface area contributed by atoms with Crippen LogP contribution in [0.15, 0.2) is 30.6 Å². The Hall–Kier alpha value is -2.68. The zero-order valence-electron chi connectivity index (χ0n) is 12.0. The van der Waals surface area contributed by atoms with E-state index in [9.17, 15) is 10.1 Å². The summed E-state index contributed by atoms with van der Waals surface area (Å²) >= 11 is 0. The number of aromatic nitrogens is 1. The van der Waals surface area contributed by atoms with E-state index in [1.54, 1.807) is 18.3 Å². The highest BCUT2D eigenvalue weighted by atomic mass is 16.6. The van der Waals surface area contributed by atoms with Crippen LogP contribution in [0.25, 0.3) is 10.8 Å². The Bertz CT molecular complexity index is 706. The molecule has 0 saturated carbocycles. The van der Waals surface area contributed by atoms with Gasteiger partial charge in [0.05, 0.1) is 22.8 Å². The normalized spacial score (nSPS) is 10.6. The summed E-state index contributed by atoms with van der Waals surface area (Å²) in [5.41, 5.74) is 0.939. The SMILES string of the molecule is CC(C)N(CCC#N)c1ccc([N+](=O)[O-])c2cnccc12. The molecule has 0 aliphatic rings. The van der Waals surface area contributed by atoms with Crippen molar-refractivity contribution in [2.45, 2.75) is 26.3 Å². The van der Waals surface area contributed by atoms with Crippen LogP contribution in [0.3, 0.4) is 0 Å². The van der Waals surface area contributed by atoms with Gasteiger partial charge in [0.1, 0.15) is 0 Å². The van der Waals surface area contributed by atoms with Gasteiger partial charge in [-0.1, -0.05) is 0 Å². The number of pyridine rings is 1. The summed E-state index contributed by atoms with van der Waals surface area (Å²) in [5, 5.41) is 21.2. The summed E-state index contributed by atoms with van der Waals surface area (Å²) in [6.45, 7) is 4.65. The van der Waals surface area contributed by atoms with Crippen LogP contribution in [0.4, 0.5) is 11.4 Å². The number of non-ortho nitro benzene ring substituents is 1. The molecule has 0 bridgehead atoms. The highest BCUT2D eigenvalue weighted by molar-refractivity contribution is 5.99. The van der Waals surface area contributed by atoms with Gasteiger partial charge in [0.2, 0.25) is 0 Å². The molecule has 2 rings (SSSR count). The minimum atomic E-state index is -0.400. The molecule has 0 saturated heterocycles. The van der Waals surface area contributed by atoms with Crippen molar-refractivity contribution < 1.29 is 4.92 Å². The fourth-order valence-electron chi connectivity index (χ4n) is 2.40. The van der Waals surface area contributed by atoms with Crippen molar-refractivity contribution in [2.75, 3.05) is 11.4 Å². The van der Waals surface area contributed by atoms with Crippen LogP contribution in [0.1, 0.15) is 20.3 Å². The summed E-state index contributed by atoms with van der Waals surface area (Å²) in [7, 11) is 0. The van der Waals surface area contributed by atoms with Gasteiger partial charge in [0, 0.05) is 42.1 Å². The van der Waals surface area contributed by atoms with Gasteiger partial charge in [-0.2, -0.15) is 5.26 Å². The van der Waals surface area contributed by atoms with E-state index < -0.39 is 4.92 Å². The van der Waals surface area contributed by atoms with E-state index in [2.05, 4.69) is 16.0 Å². The monoisotopic (exact) mass is 284 g/mol. The zero-order valence-corrected chi connectivity index (χ0v) is 12.0. The van der Waals surface area contributed by atoms with Gasteiger partial charge < -0.3 is 4.90 Å². The lowest BCUT2D eigenvalue weighted by molar-refractivity contribution is -0.383. The molecule has 6 nitrogen and oxygen atoms in total. The lowest BCUT2D eigenvalue weighted by atomic mass is 10.1. The van der Waals surface area contributed by atoms with Gasteiger partial charge >= 0.3 is 0 Å². The molecule has 108 valence electrons. The van der Waals surface area contributed by atoms with E-state index in [4.69, 9.17) is 5.26 Å². The summed E-state index contributed by atoms with van der Waals surface area (Å²) in [5.74, 6) is 0. The van der Waals surface area contributed by atoms with E-state index >= 15 is 0 Å². The summed E-state index contributed by atoms with van der Waals surface area (Å²) < 4.78 is 0. The second-order valence-corrected chi connectivity index (χ2v) is 4.98. The van der Waals surface area contributed by atoms with Gasteiger partial charge in [0.15, 0.2) is 0 Å². The van der Waals surface area contributed by atoms with E-state index in [1.807, 2.05) is 13.8 Å². The smallest absolute Gasteiger partial charge is 0.278 e. The van der Waals surface area contributed by atoms with Crippen molar-refractivity contribution in [1.82, 2.24) is 4.98 Å². The number of nitro benzene ring substituents is 1. The molecular formula is C15H16N4O2. The maximum Gasteiger partial charge on any atom is 0.278 e. The quantitative estimate of drug-likeness (QED) is 0.621. The molecule has 21 heavy (non-hydrogen) atoms. The van der Waals surface area contributed by atoms with E-state index in [0.29, 0.717) is 18.4 Å². The number of nitrogens with zero attached hydrogens (tertiary/aromatic N) is 4.